The van der Waals surface area contributed by atoms with Crippen LogP contribution in [0.2, 0.25) is 0 Å². The molecule has 1 aromatic carbocycles. The first-order valence-corrected chi connectivity index (χ1v) is 7.13. The minimum absolute atomic E-state index is 0.0432. The molecular weight excluding hydrogens is 266 g/mol. The quantitative estimate of drug-likeness (QED) is 0.885. The lowest BCUT2D eigenvalue weighted by Crippen LogP contribution is -2.33. The predicted octanol–water partition coefficient (Wildman–Crippen LogP) is 3.43. The van der Waals surface area contributed by atoms with Gasteiger partial charge in [0.05, 0.1) is 18.6 Å². The lowest BCUT2D eigenvalue weighted by molar-refractivity contribution is 0.0940. The van der Waals surface area contributed by atoms with Crippen molar-refractivity contribution in [3.8, 4) is 5.75 Å². The molecule has 1 amide bonds. The van der Waals surface area contributed by atoms with Gasteiger partial charge < -0.3 is 14.5 Å². The molecular formula is C17H21NO3. The number of nitrogens with one attached hydrogen (secondary N) is 1. The zero-order chi connectivity index (χ0) is 15.2. The van der Waals surface area contributed by atoms with Gasteiger partial charge in [-0.25, -0.2) is 0 Å². The number of carbonyl (C=O) groups is 1. The molecule has 4 heteroatoms. The molecule has 1 atom stereocenters. The van der Waals surface area contributed by atoms with E-state index < -0.39 is 0 Å². The number of amides is 1. The highest BCUT2D eigenvalue weighted by molar-refractivity contribution is 5.94. The molecule has 0 fully saturated rings. The van der Waals surface area contributed by atoms with Gasteiger partial charge in [-0.05, 0) is 63.1 Å². The Labute approximate surface area is 125 Å². The summed E-state index contributed by atoms with van der Waals surface area (Å²) in [5.74, 6) is 0.690. The third-order valence-electron chi connectivity index (χ3n) is 2.99. The largest absolute Gasteiger partial charge is 0.491 e. The lowest BCUT2D eigenvalue weighted by Gasteiger charge is -2.14. The maximum absolute atomic E-state index is 12.1. The Hall–Kier alpha value is -2.23. The van der Waals surface area contributed by atoms with Crippen molar-refractivity contribution in [1.29, 1.82) is 0 Å². The van der Waals surface area contributed by atoms with Crippen LogP contribution < -0.4 is 10.1 Å². The lowest BCUT2D eigenvalue weighted by atomic mass is 10.1. The van der Waals surface area contributed by atoms with Crippen LogP contribution in [0, 0.1) is 0 Å². The van der Waals surface area contributed by atoms with E-state index in [4.69, 9.17) is 9.15 Å². The number of ether oxygens (including phenoxy) is 1. The second-order valence-electron chi connectivity index (χ2n) is 5.40. The van der Waals surface area contributed by atoms with E-state index in [1.165, 1.54) is 0 Å². The summed E-state index contributed by atoms with van der Waals surface area (Å²) in [6, 6.07) is 9.13. The fourth-order valence-corrected chi connectivity index (χ4v) is 2.08. The van der Waals surface area contributed by atoms with E-state index in [0.29, 0.717) is 5.56 Å². The Morgan fingerprint density at radius 2 is 1.90 bits per heavy atom. The molecule has 4 nitrogen and oxygen atoms in total. The van der Waals surface area contributed by atoms with Crippen molar-refractivity contribution in [2.75, 3.05) is 0 Å². The number of benzene rings is 1. The number of rotatable bonds is 6. The van der Waals surface area contributed by atoms with Gasteiger partial charge in [-0.1, -0.05) is 0 Å². The van der Waals surface area contributed by atoms with Gasteiger partial charge in [-0.3, -0.25) is 4.79 Å². The molecule has 0 aliphatic heterocycles. The Bertz CT molecular complexity index is 558. The van der Waals surface area contributed by atoms with Gasteiger partial charge >= 0.3 is 0 Å². The topological polar surface area (TPSA) is 51.5 Å². The molecule has 0 aliphatic carbocycles. The van der Waals surface area contributed by atoms with Gasteiger partial charge in [0.25, 0.3) is 5.91 Å². The summed E-state index contributed by atoms with van der Waals surface area (Å²) in [6.07, 6.45) is 4.20. The second-order valence-corrected chi connectivity index (χ2v) is 5.40. The van der Waals surface area contributed by atoms with Crippen LogP contribution in [0.4, 0.5) is 0 Å². The fraction of sp³-hybridized carbons (Fsp3) is 0.353. The van der Waals surface area contributed by atoms with Crippen molar-refractivity contribution in [2.24, 2.45) is 0 Å². The van der Waals surface area contributed by atoms with E-state index in [1.807, 2.05) is 39.0 Å². The van der Waals surface area contributed by atoms with Crippen LogP contribution in [-0.2, 0) is 6.42 Å². The molecule has 0 saturated carbocycles. The Morgan fingerprint density at radius 1 is 1.19 bits per heavy atom. The normalized spacial score (nSPS) is 12.2. The highest BCUT2D eigenvalue weighted by Gasteiger charge is 2.11. The molecule has 2 aromatic rings. The van der Waals surface area contributed by atoms with E-state index in [2.05, 4.69) is 5.32 Å². The summed E-state index contributed by atoms with van der Waals surface area (Å²) in [6.45, 7) is 5.91. The standard InChI is InChI=1S/C17H21NO3/c1-12(2)21-16-6-4-15(5-7-16)17(19)18-13(3)10-14-8-9-20-11-14/h4-9,11-13H,10H2,1-3H3,(H,18,19)/t13-/m0/s1. The minimum atomic E-state index is -0.0814. The third kappa shape index (κ3) is 4.67. The summed E-state index contributed by atoms with van der Waals surface area (Å²) in [5.41, 5.74) is 1.70. The molecule has 2 rings (SSSR count). The smallest absolute Gasteiger partial charge is 0.251 e. The number of hydrogen-bond donors (Lipinski definition) is 1. The average Bonchev–Trinajstić information content (AvgIpc) is 2.91. The minimum Gasteiger partial charge on any atom is -0.491 e. The van der Waals surface area contributed by atoms with Crippen LogP contribution in [0.5, 0.6) is 5.75 Å². The van der Waals surface area contributed by atoms with Crippen molar-refractivity contribution >= 4 is 5.91 Å². The van der Waals surface area contributed by atoms with Gasteiger partial charge in [0, 0.05) is 11.6 Å². The van der Waals surface area contributed by atoms with E-state index in [0.717, 1.165) is 17.7 Å². The van der Waals surface area contributed by atoms with Gasteiger partial charge in [0.2, 0.25) is 0 Å². The van der Waals surface area contributed by atoms with Crippen molar-refractivity contribution in [3.63, 3.8) is 0 Å². The van der Waals surface area contributed by atoms with Crippen molar-refractivity contribution in [2.45, 2.75) is 39.3 Å². The van der Waals surface area contributed by atoms with E-state index in [9.17, 15) is 4.79 Å². The van der Waals surface area contributed by atoms with E-state index in [1.54, 1.807) is 24.7 Å². The third-order valence-corrected chi connectivity index (χ3v) is 2.99. The molecule has 0 saturated heterocycles. The molecule has 1 N–H and O–H groups in total. The van der Waals surface area contributed by atoms with Crippen LogP contribution in [0.1, 0.15) is 36.7 Å². The van der Waals surface area contributed by atoms with Gasteiger partial charge in [0.1, 0.15) is 5.75 Å². The fourth-order valence-electron chi connectivity index (χ4n) is 2.08. The highest BCUT2D eigenvalue weighted by Crippen LogP contribution is 2.14. The molecule has 112 valence electrons. The van der Waals surface area contributed by atoms with Crippen molar-refractivity contribution in [1.82, 2.24) is 5.32 Å². The van der Waals surface area contributed by atoms with E-state index in [-0.39, 0.29) is 18.1 Å². The predicted molar refractivity (Wildman–Crippen MR) is 81.5 cm³/mol. The molecule has 0 aliphatic rings. The second kappa shape index (κ2) is 6.97. The monoisotopic (exact) mass is 287 g/mol. The number of carbonyl (C=O) groups excluding carboxylic acids is 1. The van der Waals surface area contributed by atoms with Crippen LogP contribution >= 0.6 is 0 Å². The molecule has 0 bridgehead atoms. The number of furan rings is 1. The summed E-state index contributed by atoms with van der Waals surface area (Å²) >= 11 is 0. The highest BCUT2D eigenvalue weighted by atomic mass is 16.5. The molecule has 0 unspecified atom stereocenters. The van der Waals surface area contributed by atoms with Crippen molar-refractivity contribution < 1.29 is 13.9 Å². The summed E-state index contributed by atoms with van der Waals surface area (Å²) in [7, 11) is 0. The Morgan fingerprint density at radius 3 is 2.48 bits per heavy atom. The zero-order valence-electron chi connectivity index (χ0n) is 12.6. The molecule has 1 heterocycles. The van der Waals surface area contributed by atoms with Crippen LogP contribution in [-0.4, -0.2) is 18.1 Å². The first-order valence-electron chi connectivity index (χ1n) is 7.13. The van der Waals surface area contributed by atoms with Gasteiger partial charge in [0.15, 0.2) is 0 Å². The summed E-state index contributed by atoms with van der Waals surface area (Å²) in [5, 5.41) is 2.97. The first kappa shape index (κ1) is 15.2. The molecule has 0 spiro atoms. The SMILES string of the molecule is CC(C)Oc1ccc(C(=O)N[C@@H](C)Cc2ccoc2)cc1. The zero-order valence-corrected chi connectivity index (χ0v) is 12.6. The maximum Gasteiger partial charge on any atom is 0.251 e. The molecule has 0 radical (unpaired) electrons. The number of hydrogen-bond acceptors (Lipinski definition) is 3. The molecule has 21 heavy (non-hydrogen) atoms. The van der Waals surface area contributed by atoms with E-state index >= 15 is 0 Å². The van der Waals surface area contributed by atoms with Gasteiger partial charge in [-0.2, -0.15) is 0 Å². The Balaban J connectivity index is 1.90. The summed E-state index contributed by atoms with van der Waals surface area (Å²) in [4.78, 5) is 12.1. The Kier molecular flexibility index (Phi) is 5.04. The maximum atomic E-state index is 12.1. The average molecular weight is 287 g/mol. The van der Waals surface area contributed by atoms with Crippen molar-refractivity contribution in [3.05, 3.63) is 54.0 Å². The first-order chi connectivity index (χ1) is 10.0. The molecule has 1 aromatic heterocycles. The summed E-state index contributed by atoms with van der Waals surface area (Å²) < 4.78 is 10.6. The van der Waals surface area contributed by atoms with Crippen LogP contribution in [0.15, 0.2) is 47.3 Å². The van der Waals surface area contributed by atoms with Crippen LogP contribution in [0.25, 0.3) is 0 Å². The van der Waals surface area contributed by atoms with Gasteiger partial charge in [-0.15, -0.1) is 0 Å². The van der Waals surface area contributed by atoms with Crippen LogP contribution in [0.3, 0.4) is 0 Å².